The average molecular weight is 543 g/mol. The Labute approximate surface area is 230 Å². The molecule has 0 fully saturated rings. The quantitative estimate of drug-likeness (QED) is 0.300. The minimum absolute atomic E-state index is 0.200. The molecule has 5 rings (SSSR count). The maximum absolute atomic E-state index is 14.1. The zero-order valence-electron chi connectivity index (χ0n) is 22.4. The number of nitrogens with zero attached hydrogens (tertiary/aromatic N) is 2. The number of para-hydroxylation sites is 1. The van der Waals surface area contributed by atoms with Crippen molar-refractivity contribution in [2.45, 2.75) is 33.2 Å². The minimum atomic E-state index is -0.795. The zero-order valence-corrected chi connectivity index (χ0v) is 23.2. The van der Waals surface area contributed by atoms with Crippen molar-refractivity contribution in [3.63, 3.8) is 0 Å². The molecule has 0 N–H and O–H groups in total. The van der Waals surface area contributed by atoms with Crippen molar-refractivity contribution in [2.24, 2.45) is 4.99 Å². The average Bonchev–Trinajstić information content (AvgIpc) is 3.25. The number of hydrogen-bond donors (Lipinski definition) is 0. The van der Waals surface area contributed by atoms with Crippen LogP contribution in [0.15, 0.2) is 81.7 Å². The molecule has 0 radical (unpaired) electrons. The Morgan fingerprint density at radius 2 is 1.85 bits per heavy atom. The second-order valence-electron chi connectivity index (χ2n) is 9.10. The Morgan fingerprint density at radius 3 is 2.62 bits per heavy atom. The van der Waals surface area contributed by atoms with Gasteiger partial charge in [-0.1, -0.05) is 72.9 Å². The second-order valence-corrected chi connectivity index (χ2v) is 10.1. The molecule has 3 aromatic carbocycles. The molecule has 1 aliphatic rings. The summed E-state index contributed by atoms with van der Waals surface area (Å²) in [6, 6.07) is 18.8. The van der Waals surface area contributed by atoms with Gasteiger partial charge in [0.05, 0.1) is 36.1 Å². The highest BCUT2D eigenvalue weighted by molar-refractivity contribution is 7.07. The number of aromatic nitrogens is 1. The summed E-state index contributed by atoms with van der Waals surface area (Å²) in [5, 5.41) is 2.14. The van der Waals surface area contributed by atoms with E-state index in [1.165, 1.54) is 11.3 Å². The summed E-state index contributed by atoms with van der Waals surface area (Å²) in [6.45, 7) is 6.19. The summed E-state index contributed by atoms with van der Waals surface area (Å²) in [4.78, 5) is 32.6. The molecule has 8 heteroatoms. The zero-order chi connectivity index (χ0) is 27.5. The van der Waals surface area contributed by atoms with Crippen LogP contribution in [0, 0.1) is 0 Å². The molecule has 0 saturated carbocycles. The number of methoxy groups -OCH3 is 1. The first-order valence-corrected chi connectivity index (χ1v) is 13.8. The van der Waals surface area contributed by atoms with E-state index in [0.29, 0.717) is 44.3 Å². The predicted octanol–water partition coefficient (Wildman–Crippen LogP) is 4.75. The molecule has 1 atom stereocenters. The van der Waals surface area contributed by atoms with Crippen molar-refractivity contribution in [3.05, 3.63) is 103 Å². The monoisotopic (exact) mass is 542 g/mol. The molecule has 39 heavy (non-hydrogen) atoms. The molecular formula is C31H30N2O5S. The van der Waals surface area contributed by atoms with Gasteiger partial charge in [0.2, 0.25) is 0 Å². The first-order chi connectivity index (χ1) is 19.0. The fraction of sp³-hybridized carbons (Fsp3) is 0.258. The molecular weight excluding hydrogens is 512 g/mol. The molecule has 1 aliphatic heterocycles. The molecule has 7 nitrogen and oxygen atoms in total. The maximum Gasteiger partial charge on any atom is 0.338 e. The van der Waals surface area contributed by atoms with E-state index < -0.39 is 12.0 Å². The number of rotatable bonds is 8. The van der Waals surface area contributed by atoms with Gasteiger partial charge in [-0.15, -0.1) is 0 Å². The fourth-order valence-corrected chi connectivity index (χ4v) is 5.91. The standard InChI is InChI=1S/C31H30N2O5S/c1-5-17-38-28-23(15-10-16-24(28)36-4)27-26(30(35)37-6-2)19(3)32-31-33(27)29(34)25(39-31)18-21-13-9-12-20-11-7-8-14-22(20)21/h7-16,18,27H,5-6,17H2,1-4H3/b25-18-/t27-/m0/s1. The lowest BCUT2D eigenvalue weighted by Crippen LogP contribution is -2.40. The van der Waals surface area contributed by atoms with Crippen LogP contribution in [0.2, 0.25) is 0 Å². The molecule has 0 spiro atoms. The van der Waals surface area contributed by atoms with Crippen molar-refractivity contribution in [1.29, 1.82) is 0 Å². The predicted molar refractivity (Wildman–Crippen MR) is 153 cm³/mol. The van der Waals surface area contributed by atoms with E-state index in [4.69, 9.17) is 19.2 Å². The number of hydrogen-bond acceptors (Lipinski definition) is 7. The van der Waals surface area contributed by atoms with Gasteiger partial charge >= 0.3 is 5.97 Å². The highest BCUT2D eigenvalue weighted by Gasteiger charge is 2.36. The van der Waals surface area contributed by atoms with Gasteiger partial charge in [0, 0.05) is 5.56 Å². The van der Waals surface area contributed by atoms with Crippen molar-refractivity contribution in [3.8, 4) is 11.5 Å². The molecule has 0 aliphatic carbocycles. The van der Waals surface area contributed by atoms with Crippen molar-refractivity contribution in [2.75, 3.05) is 20.3 Å². The van der Waals surface area contributed by atoms with Crippen molar-refractivity contribution < 1.29 is 19.0 Å². The van der Waals surface area contributed by atoms with Crippen molar-refractivity contribution >= 4 is 34.2 Å². The molecule has 4 aromatic rings. The van der Waals surface area contributed by atoms with Crippen LogP contribution >= 0.6 is 11.3 Å². The van der Waals surface area contributed by atoms with E-state index in [1.54, 1.807) is 31.6 Å². The van der Waals surface area contributed by atoms with Gasteiger partial charge in [-0.2, -0.15) is 0 Å². The lowest BCUT2D eigenvalue weighted by atomic mass is 9.94. The van der Waals surface area contributed by atoms with E-state index in [9.17, 15) is 9.59 Å². The summed E-state index contributed by atoms with van der Waals surface area (Å²) >= 11 is 1.30. The summed E-state index contributed by atoms with van der Waals surface area (Å²) in [5.41, 5.74) is 2.13. The number of benzene rings is 3. The summed E-state index contributed by atoms with van der Waals surface area (Å²) in [6.07, 6.45) is 2.68. The number of ether oxygens (including phenoxy) is 3. The summed E-state index contributed by atoms with van der Waals surface area (Å²) in [5.74, 6) is 0.500. The second kappa shape index (κ2) is 11.3. The first kappa shape index (κ1) is 26.4. The van der Waals surface area contributed by atoms with Crippen LogP contribution in [0.5, 0.6) is 11.5 Å². The van der Waals surface area contributed by atoms with E-state index in [0.717, 1.165) is 22.8 Å². The van der Waals surface area contributed by atoms with E-state index in [1.807, 2.05) is 67.6 Å². The van der Waals surface area contributed by atoms with E-state index in [-0.39, 0.29) is 12.2 Å². The molecule has 0 unspecified atom stereocenters. The third-order valence-corrected chi connectivity index (χ3v) is 7.58. The number of allylic oxidation sites excluding steroid dienone is 1. The summed E-state index contributed by atoms with van der Waals surface area (Å²) in [7, 11) is 1.57. The molecule has 0 saturated heterocycles. The normalized spacial score (nSPS) is 15.2. The van der Waals surface area contributed by atoms with Gasteiger partial charge < -0.3 is 14.2 Å². The maximum atomic E-state index is 14.1. The summed E-state index contributed by atoms with van der Waals surface area (Å²) < 4.78 is 19.3. The largest absolute Gasteiger partial charge is 0.493 e. The van der Waals surface area contributed by atoms with E-state index in [2.05, 4.69) is 0 Å². The Balaban J connectivity index is 1.78. The number of carbonyl (C=O) groups is 1. The van der Waals surface area contributed by atoms with Crippen LogP contribution in [0.1, 0.15) is 44.4 Å². The van der Waals surface area contributed by atoms with Crippen LogP contribution < -0.4 is 24.4 Å². The number of thiazole rings is 1. The third kappa shape index (κ3) is 4.88. The Bertz CT molecular complexity index is 1760. The Kier molecular flexibility index (Phi) is 7.65. The van der Waals surface area contributed by atoms with Gasteiger partial charge in [0.25, 0.3) is 5.56 Å². The highest BCUT2D eigenvalue weighted by Crippen LogP contribution is 2.40. The number of carbonyl (C=O) groups excluding carboxylic acids is 1. The fourth-order valence-electron chi connectivity index (χ4n) is 4.87. The van der Waals surface area contributed by atoms with Crippen LogP contribution in [0.3, 0.4) is 0 Å². The van der Waals surface area contributed by atoms with Crippen LogP contribution in [0.25, 0.3) is 16.8 Å². The van der Waals surface area contributed by atoms with Crippen molar-refractivity contribution in [1.82, 2.24) is 4.57 Å². The van der Waals surface area contributed by atoms with Crippen LogP contribution in [-0.2, 0) is 9.53 Å². The van der Waals surface area contributed by atoms with Crippen LogP contribution in [0.4, 0.5) is 0 Å². The smallest absolute Gasteiger partial charge is 0.338 e. The highest BCUT2D eigenvalue weighted by atomic mass is 32.1. The number of fused-ring (bicyclic) bond motifs is 2. The van der Waals surface area contributed by atoms with Crippen LogP contribution in [-0.4, -0.2) is 30.9 Å². The molecule has 200 valence electrons. The van der Waals surface area contributed by atoms with E-state index >= 15 is 0 Å². The number of esters is 1. The van der Waals surface area contributed by atoms with Gasteiger partial charge in [-0.05, 0) is 48.7 Å². The lowest BCUT2D eigenvalue weighted by molar-refractivity contribution is -0.139. The third-order valence-electron chi connectivity index (χ3n) is 6.60. The molecule has 0 bridgehead atoms. The minimum Gasteiger partial charge on any atom is -0.493 e. The Hall–Kier alpha value is -4.17. The molecule has 0 amide bonds. The molecule has 2 heterocycles. The lowest BCUT2D eigenvalue weighted by Gasteiger charge is -2.27. The Morgan fingerprint density at radius 1 is 1.08 bits per heavy atom. The van der Waals surface area contributed by atoms with Gasteiger partial charge in [-0.3, -0.25) is 9.36 Å². The van der Waals surface area contributed by atoms with Gasteiger partial charge in [0.1, 0.15) is 6.04 Å². The first-order valence-electron chi connectivity index (χ1n) is 13.0. The van der Waals surface area contributed by atoms with Gasteiger partial charge in [0.15, 0.2) is 16.3 Å². The van der Waals surface area contributed by atoms with Gasteiger partial charge in [-0.25, -0.2) is 9.79 Å². The SMILES string of the molecule is CCCOc1c(OC)cccc1[C@H]1C(C(=O)OCC)=C(C)N=c2s/c(=C\c3cccc4ccccc34)c(=O)n21. The molecule has 1 aromatic heterocycles. The topological polar surface area (TPSA) is 79.1 Å².